The highest BCUT2D eigenvalue weighted by molar-refractivity contribution is 7.10. The van der Waals surface area contributed by atoms with Gasteiger partial charge in [-0.05, 0) is 23.6 Å². The molecule has 2 aromatic rings. The Morgan fingerprint density at radius 3 is 2.76 bits per heavy atom. The summed E-state index contributed by atoms with van der Waals surface area (Å²) >= 11 is 7.59. The fraction of sp³-hybridized carbons (Fsp3) is 0.333. The molecular formula is C15H16ClFN2OS. The quantitative estimate of drug-likeness (QED) is 0.909. The third-order valence-corrected chi connectivity index (χ3v) is 4.82. The van der Waals surface area contributed by atoms with Crippen molar-refractivity contribution in [2.75, 3.05) is 26.2 Å². The van der Waals surface area contributed by atoms with Gasteiger partial charge < -0.3 is 10.4 Å². The van der Waals surface area contributed by atoms with E-state index in [0.717, 1.165) is 37.1 Å². The standard InChI is InChI=1S/C15H16ClFN2OS/c16-10-8-11(15(20)12(17)9-10)14(13-2-1-7-21-13)19-5-3-18-4-6-19/h1-2,7-9,14,18,20H,3-6H2/t14-/m1/s1. The zero-order chi connectivity index (χ0) is 14.8. The number of aromatic hydroxyl groups is 1. The van der Waals surface area contributed by atoms with E-state index < -0.39 is 5.82 Å². The van der Waals surface area contributed by atoms with Crippen molar-refractivity contribution in [2.45, 2.75) is 6.04 Å². The van der Waals surface area contributed by atoms with Crippen LogP contribution >= 0.6 is 22.9 Å². The van der Waals surface area contributed by atoms with Crippen molar-refractivity contribution in [3.8, 4) is 5.75 Å². The minimum Gasteiger partial charge on any atom is -0.505 e. The van der Waals surface area contributed by atoms with E-state index in [0.29, 0.717) is 10.6 Å². The first kappa shape index (κ1) is 14.8. The summed E-state index contributed by atoms with van der Waals surface area (Å²) in [5.74, 6) is -0.981. The van der Waals surface area contributed by atoms with E-state index in [1.807, 2.05) is 17.5 Å². The van der Waals surface area contributed by atoms with Crippen molar-refractivity contribution < 1.29 is 9.50 Å². The first-order chi connectivity index (χ1) is 10.2. The Kier molecular flexibility index (Phi) is 4.45. The summed E-state index contributed by atoms with van der Waals surface area (Å²) in [5.41, 5.74) is 0.532. The Morgan fingerprint density at radius 2 is 2.10 bits per heavy atom. The molecule has 0 aliphatic carbocycles. The molecule has 2 N–H and O–H groups in total. The van der Waals surface area contributed by atoms with Gasteiger partial charge in [0.1, 0.15) is 0 Å². The predicted molar refractivity (Wildman–Crippen MR) is 83.7 cm³/mol. The van der Waals surface area contributed by atoms with Crippen LogP contribution in [0, 0.1) is 5.82 Å². The Hall–Kier alpha value is -1.14. The highest BCUT2D eigenvalue weighted by atomic mass is 35.5. The smallest absolute Gasteiger partial charge is 0.166 e. The maximum Gasteiger partial charge on any atom is 0.166 e. The van der Waals surface area contributed by atoms with E-state index in [4.69, 9.17) is 11.6 Å². The Labute approximate surface area is 132 Å². The number of phenolic OH excluding ortho intramolecular Hbond substituents is 1. The van der Waals surface area contributed by atoms with Crippen molar-refractivity contribution >= 4 is 22.9 Å². The van der Waals surface area contributed by atoms with Crippen LogP contribution in [-0.2, 0) is 0 Å². The van der Waals surface area contributed by atoms with Crippen LogP contribution < -0.4 is 5.32 Å². The second kappa shape index (κ2) is 6.32. The van der Waals surface area contributed by atoms with Gasteiger partial charge in [0.05, 0.1) is 6.04 Å². The third-order valence-electron chi connectivity index (χ3n) is 3.68. The number of nitrogens with zero attached hydrogens (tertiary/aromatic N) is 1. The Balaban J connectivity index is 2.07. The Bertz CT molecular complexity index is 614. The average molecular weight is 327 g/mol. The molecule has 2 heterocycles. The molecule has 0 bridgehead atoms. The van der Waals surface area contributed by atoms with Crippen LogP contribution in [0.2, 0.25) is 5.02 Å². The number of piperazine rings is 1. The molecule has 0 unspecified atom stereocenters. The number of phenols is 1. The molecule has 1 aliphatic heterocycles. The van der Waals surface area contributed by atoms with E-state index in [1.165, 1.54) is 0 Å². The van der Waals surface area contributed by atoms with E-state index >= 15 is 0 Å². The van der Waals surface area contributed by atoms with Gasteiger partial charge in [-0.15, -0.1) is 11.3 Å². The largest absolute Gasteiger partial charge is 0.505 e. The van der Waals surface area contributed by atoms with Crippen LogP contribution in [-0.4, -0.2) is 36.2 Å². The van der Waals surface area contributed by atoms with E-state index in [2.05, 4.69) is 10.2 Å². The zero-order valence-corrected chi connectivity index (χ0v) is 12.9. The fourth-order valence-electron chi connectivity index (χ4n) is 2.71. The summed E-state index contributed by atoms with van der Waals surface area (Å²) in [6.45, 7) is 3.45. The van der Waals surface area contributed by atoms with E-state index in [1.54, 1.807) is 17.4 Å². The van der Waals surface area contributed by atoms with Gasteiger partial charge in [0.25, 0.3) is 0 Å². The van der Waals surface area contributed by atoms with E-state index in [9.17, 15) is 9.50 Å². The first-order valence-corrected chi connectivity index (χ1v) is 8.08. The van der Waals surface area contributed by atoms with Crippen LogP contribution in [0.3, 0.4) is 0 Å². The summed E-state index contributed by atoms with van der Waals surface area (Å²) in [4.78, 5) is 3.32. The molecule has 6 heteroatoms. The molecule has 1 saturated heterocycles. The molecule has 112 valence electrons. The van der Waals surface area contributed by atoms with Gasteiger partial charge in [-0.3, -0.25) is 4.90 Å². The normalized spacial score (nSPS) is 17.8. The lowest BCUT2D eigenvalue weighted by Gasteiger charge is -2.35. The van der Waals surface area contributed by atoms with Gasteiger partial charge in [0.15, 0.2) is 11.6 Å². The summed E-state index contributed by atoms with van der Waals surface area (Å²) < 4.78 is 13.8. The molecule has 1 fully saturated rings. The SMILES string of the molecule is Oc1c(F)cc(Cl)cc1[C@H](c1cccs1)N1CCNCC1. The lowest BCUT2D eigenvalue weighted by molar-refractivity contribution is 0.197. The number of hydrogen-bond acceptors (Lipinski definition) is 4. The van der Waals surface area contributed by atoms with Crippen LogP contribution in [0.25, 0.3) is 0 Å². The van der Waals surface area contributed by atoms with E-state index in [-0.39, 0.29) is 11.8 Å². The second-order valence-electron chi connectivity index (χ2n) is 5.03. The molecule has 1 aromatic carbocycles. The zero-order valence-electron chi connectivity index (χ0n) is 11.4. The second-order valence-corrected chi connectivity index (χ2v) is 6.45. The molecule has 3 rings (SSSR count). The van der Waals surface area contributed by atoms with Crippen molar-refractivity contribution in [2.24, 2.45) is 0 Å². The highest BCUT2D eigenvalue weighted by Crippen LogP contribution is 2.39. The molecule has 0 amide bonds. The summed E-state index contributed by atoms with van der Waals surface area (Å²) in [7, 11) is 0. The first-order valence-electron chi connectivity index (χ1n) is 6.83. The summed E-state index contributed by atoms with van der Waals surface area (Å²) in [5, 5.41) is 15.7. The molecule has 1 aliphatic rings. The average Bonchev–Trinajstić information content (AvgIpc) is 2.99. The Morgan fingerprint density at radius 1 is 1.33 bits per heavy atom. The summed E-state index contributed by atoms with van der Waals surface area (Å²) in [6, 6.07) is 6.61. The molecule has 1 aromatic heterocycles. The summed E-state index contributed by atoms with van der Waals surface area (Å²) in [6.07, 6.45) is 0. The number of hydrogen-bond donors (Lipinski definition) is 2. The molecule has 0 spiro atoms. The van der Waals surface area contributed by atoms with Gasteiger partial charge in [0, 0.05) is 41.6 Å². The van der Waals surface area contributed by atoms with Crippen LogP contribution in [0.1, 0.15) is 16.5 Å². The van der Waals surface area contributed by atoms with Crippen molar-refractivity contribution in [3.05, 3.63) is 50.9 Å². The van der Waals surface area contributed by atoms with Gasteiger partial charge in [-0.1, -0.05) is 17.7 Å². The molecule has 3 nitrogen and oxygen atoms in total. The predicted octanol–water partition coefficient (Wildman–Crippen LogP) is 3.24. The monoisotopic (exact) mass is 326 g/mol. The number of benzene rings is 1. The molecule has 0 saturated carbocycles. The van der Waals surface area contributed by atoms with Gasteiger partial charge >= 0.3 is 0 Å². The molecule has 1 atom stereocenters. The molecular weight excluding hydrogens is 311 g/mol. The molecule has 0 radical (unpaired) electrons. The minimum atomic E-state index is -0.672. The van der Waals surface area contributed by atoms with Crippen LogP contribution in [0.15, 0.2) is 29.6 Å². The van der Waals surface area contributed by atoms with Crippen LogP contribution in [0.4, 0.5) is 4.39 Å². The third kappa shape index (κ3) is 3.06. The van der Waals surface area contributed by atoms with Crippen molar-refractivity contribution in [3.63, 3.8) is 0 Å². The van der Waals surface area contributed by atoms with Gasteiger partial charge in [-0.2, -0.15) is 0 Å². The highest BCUT2D eigenvalue weighted by Gasteiger charge is 2.28. The van der Waals surface area contributed by atoms with Gasteiger partial charge in [-0.25, -0.2) is 4.39 Å². The van der Waals surface area contributed by atoms with Crippen molar-refractivity contribution in [1.29, 1.82) is 0 Å². The van der Waals surface area contributed by atoms with Crippen molar-refractivity contribution in [1.82, 2.24) is 10.2 Å². The number of halogens is 2. The van der Waals surface area contributed by atoms with Crippen LogP contribution in [0.5, 0.6) is 5.75 Å². The number of nitrogens with one attached hydrogen (secondary N) is 1. The topological polar surface area (TPSA) is 35.5 Å². The minimum absolute atomic E-state index is 0.166. The lowest BCUT2D eigenvalue weighted by atomic mass is 10.0. The number of thiophene rings is 1. The maximum absolute atomic E-state index is 13.8. The number of rotatable bonds is 3. The fourth-order valence-corrected chi connectivity index (χ4v) is 3.80. The van der Waals surface area contributed by atoms with Gasteiger partial charge in [0.2, 0.25) is 0 Å². The lowest BCUT2D eigenvalue weighted by Crippen LogP contribution is -2.45. The maximum atomic E-state index is 13.8. The molecule has 21 heavy (non-hydrogen) atoms.